The number of ether oxygens (including phenoxy) is 2. The van der Waals surface area contributed by atoms with Crippen LogP contribution in [0, 0.1) is 6.92 Å². The first-order valence-electron chi connectivity index (χ1n) is 11.3. The molecule has 0 aliphatic carbocycles. The Hall–Kier alpha value is -4.07. The summed E-state index contributed by atoms with van der Waals surface area (Å²) in [6.07, 6.45) is 1.69. The second-order valence-electron chi connectivity index (χ2n) is 8.34. The lowest BCUT2D eigenvalue weighted by molar-refractivity contribution is 0.0745. The molecule has 34 heavy (non-hydrogen) atoms. The topological polar surface area (TPSA) is 84.0 Å². The number of pyridine rings is 1. The molecule has 0 bridgehead atoms. The number of rotatable bonds is 5. The van der Waals surface area contributed by atoms with E-state index in [4.69, 9.17) is 9.47 Å². The van der Waals surface area contributed by atoms with Gasteiger partial charge in [0.15, 0.2) is 11.5 Å². The molecule has 0 radical (unpaired) electrons. The Morgan fingerprint density at radius 3 is 2.53 bits per heavy atom. The molecule has 0 spiro atoms. The second kappa shape index (κ2) is 9.43. The normalized spacial score (nSPS) is 14.7. The number of hydrogen-bond donors (Lipinski definition) is 1. The Bertz CT molecular complexity index is 1220. The molecule has 3 heterocycles. The van der Waals surface area contributed by atoms with Crippen molar-refractivity contribution in [3.05, 3.63) is 83.0 Å². The summed E-state index contributed by atoms with van der Waals surface area (Å²) in [6, 6.07) is 16.8. The summed E-state index contributed by atoms with van der Waals surface area (Å²) in [6.45, 7) is 4.89. The van der Waals surface area contributed by atoms with Gasteiger partial charge in [-0.25, -0.2) is 4.98 Å². The van der Waals surface area contributed by atoms with Crippen molar-refractivity contribution in [1.29, 1.82) is 0 Å². The van der Waals surface area contributed by atoms with Crippen LogP contribution >= 0.6 is 0 Å². The number of amides is 2. The summed E-state index contributed by atoms with van der Waals surface area (Å²) < 4.78 is 10.7. The number of carbonyl (C=O) groups is 2. The van der Waals surface area contributed by atoms with E-state index >= 15 is 0 Å². The lowest BCUT2D eigenvalue weighted by Crippen LogP contribution is -2.49. The molecule has 2 aliphatic heterocycles. The molecule has 0 atom stereocenters. The van der Waals surface area contributed by atoms with Crippen LogP contribution < -0.4 is 19.7 Å². The minimum atomic E-state index is -0.195. The van der Waals surface area contributed by atoms with Gasteiger partial charge in [0, 0.05) is 44.5 Å². The molecule has 174 valence electrons. The highest BCUT2D eigenvalue weighted by Gasteiger charge is 2.26. The third kappa shape index (κ3) is 4.39. The van der Waals surface area contributed by atoms with Crippen molar-refractivity contribution in [1.82, 2.24) is 15.2 Å². The lowest BCUT2D eigenvalue weighted by atomic mass is 10.1. The highest BCUT2D eigenvalue weighted by Crippen LogP contribution is 2.32. The number of aryl methyl sites for hydroxylation is 1. The van der Waals surface area contributed by atoms with Crippen LogP contribution in [0.25, 0.3) is 0 Å². The highest BCUT2D eigenvalue weighted by atomic mass is 16.7. The fourth-order valence-electron chi connectivity index (χ4n) is 4.26. The van der Waals surface area contributed by atoms with Crippen LogP contribution in [0.3, 0.4) is 0 Å². The van der Waals surface area contributed by atoms with Crippen molar-refractivity contribution < 1.29 is 19.1 Å². The highest BCUT2D eigenvalue weighted by molar-refractivity contribution is 5.99. The van der Waals surface area contributed by atoms with Crippen LogP contribution in [-0.2, 0) is 6.54 Å². The van der Waals surface area contributed by atoms with Crippen LogP contribution in [0.5, 0.6) is 11.5 Å². The summed E-state index contributed by atoms with van der Waals surface area (Å²) in [5, 5.41) is 2.97. The molecule has 5 rings (SSSR count). The predicted molar refractivity (Wildman–Crippen MR) is 127 cm³/mol. The molecule has 0 unspecified atom stereocenters. The number of fused-ring (bicyclic) bond motifs is 1. The summed E-state index contributed by atoms with van der Waals surface area (Å²) in [5.74, 6) is 1.88. The molecule has 3 aromatic rings. The van der Waals surface area contributed by atoms with Gasteiger partial charge in [-0.2, -0.15) is 0 Å². The molecule has 1 fully saturated rings. The zero-order chi connectivity index (χ0) is 23.5. The van der Waals surface area contributed by atoms with Crippen molar-refractivity contribution in [2.24, 2.45) is 0 Å². The Morgan fingerprint density at radius 1 is 0.941 bits per heavy atom. The summed E-state index contributed by atoms with van der Waals surface area (Å²) in [4.78, 5) is 34.4. The maximum absolute atomic E-state index is 13.0. The molecule has 2 aliphatic rings. The van der Waals surface area contributed by atoms with Gasteiger partial charge in [-0.05, 0) is 48.4 Å². The van der Waals surface area contributed by atoms with E-state index in [-0.39, 0.29) is 18.6 Å². The van der Waals surface area contributed by atoms with E-state index in [1.165, 1.54) is 0 Å². The number of aromatic nitrogens is 1. The zero-order valence-corrected chi connectivity index (χ0v) is 19.0. The number of hydrogen-bond acceptors (Lipinski definition) is 6. The molecule has 2 amide bonds. The fourth-order valence-corrected chi connectivity index (χ4v) is 4.26. The Labute approximate surface area is 198 Å². The number of anilines is 1. The van der Waals surface area contributed by atoms with Crippen molar-refractivity contribution in [2.75, 3.05) is 37.9 Å². The average Bonchev–Trinajstić information content (AvgIpc) is 3.35. The number of benzene rings is 2. The fraction of sp³-hybridized carbons (Fsp3) is 0.269. The van der Waals surface area contributed by atoms with E-state index in [2.05, 4.69) is 15.2 Å². The van der Waals surface area contributed by atoms with E-state index in [0.717, 1.165) is 16.7 Å². The molecule has 1 N–H and O–H groups in total. The largest absolute Gasteiger partial charge is 0.454 e. The van der Waals surface area contributed by atoms with Crippen molar-refractivity contribution in [2.45, 2.75) is 13.5 Å². The maximum atomic E-state index is 13.0. The van der Waals surface area contributed by atoms with Crippen molar-refractivity contribution in [3.8, 4) is 11.5 Å². The van der Waals surface area contributed by atoms with Gasteiger partial charge in [-0.3, -0.25) is 9.59 Å². The standard InChI is InChI=1S/C26H26N4O4/c1-18-5-2-3-6-20(18)26(32)30-13-11-29(12-14-30)24-21(7-4-10-27-24)25(31)28-16-19-8-9-22-23(15-19)34-17-33-22/h2-10,15H,11-14,16-17H2,1H3,(H,28,31). The Kier molecular flexibility index (Phi) is 6.03. The Balaban J connectivity index is 1.23. The average molecular weight is 459 g/mol. The van der Waals surface area contributed by atoms with Crippen LogP contribution in [0.1, 0.15) is 31.8 Å². The van der Waals surface area contributed by atoms with Crippen LogP contribution in [-0.4, -0.2) is 54.7 Å². The van der Waals surface area contributed by atoms with Crippen molar-refractivity contribution in [3.63, 3.8) is 0 Å². The number of nitrogens with one attached hydrogen (secondary N) is 1. The summed E-state index contributed by atoms with van der Waals surface area (Å²) >= 11 is 0. The van der Waals surface area contributed by atoms with E-state index in [0.29, 0.717) is 55.6 Å². The maximum Gasteiger partial charge on any atom is 0.255 e. The van der Waals surface area contributed by atoms with Gasteiger partial charge in [0.2, 0.25) is 6.79 Å². The molecule has 1 aromatic heterocycles. The first-order valence-corrected chi connectivity index (χ1v) is 11.3. The number of carbonyl (C=O) groups excluding carboxylic acids is 2. The second-order valence-corrected chi connectivity index (χ2v) is 8.34. The van der Waals surface area contributed by atoms with Crippen molar-refractivity contribution >= 4 is 17.6 Å². The van der Waals surface area contributed by atoms with E-state index < -0.39 is 0 Å². The minimum Gasteiger partial charge on any atom is -0.454 e. The van der Waals surface area contributed by atoms with Crippen LogP contribution in [0.4, 0.5) is 5.82 Å². The van der Waals surface area contributed by atoms with Gasteiger partial charge in [0.25, 0.3) is 11.8 Å². The third-order valence-electron chi connectivity index (χ3n) is 6.16. The van der Waals surface area contributed by atoms with Crippen LogP contribution in [0.2, 0.25) is 0 Å². The minimum absolute atomic E-state index is 0.0421. The Morgan fingerprint density at radius 2 is 1.71 bits per heavy atom. The molecule has 8 heteroatoms. The smallest absolute Gasteiger partial charge is 0.255 e. The quantitative estimate of drug-likeness (QED) is 0.633. The molecular weight excluding hydrogens is 432 g/mol. The SMILES string of the molecule is Cc1ccccc1C(=O)N1CCN(c2ncccc2C(=O)NCc2ccc3c(c2)OCO3)CC1. The van der Waals surface area contributed by atoms with E-state index in [1.807, 2.05) is 54.3 Å². The van der Waals surface area contributed by atoms with Gasteiger partial charge in [-0.1, -0.05) is 24.3 Å². The first-order chi connectivity index (χ1) is 16.6. The predicted octanol–water partition coefficient (Wildman–Crippen LogP) is 3.01. The monoisotopic (exact) mass is 458 g/mol. The number of nitrogens with zero attached hydrogens (tertiary/aromatic N) is 3. The van der Waals surface area contributed by atoms with Gasteiger partial charge >= 0.3 is 0 Å². The van der Waals surface area contributed by atoms with Gasteiger partial charge in [0.05, 0.1) is 5.56 Å². The molecule has 8 nitrogen and oxygen atoms in total. The molecular formula is C26H26N4O4. The summed E-state index contributed by atoms with van der Waals surface area (Å²) in [5.41, 5.74) is 3.15. The molecule has 0 saturated carbocycles. The van der Waals surface area contributed by atoms with Gasteiger partial charge < -0.3 is 24.6 Å². The first kappa shape index (κ1) is 21.8. The van der Waals surface area contributed by atoms with E-state index in [1.54, 1.807) is 18.3 Å². The van der Waals surface area contributed by atoms with Gasteiger partial charge in [-0.15, -0.1) is 0 Å². The van der Waals surface area contributed by atoms with Gasteiger partial charge in [0.1, 0.15) is 5.82 Å². The lowest BCUT2D eigenvalue weighted by Gasteiger charge is -2.36. The number of piperazine rings is 1. The molecule has 2 aromatic carbocycles. The third-order valence-corrected chi connectivity index (χ3v) is 6.16. The molecule has 1 saturated heterocycles. The zero-order valence-electron chi connectivity index (χ0n) is 19.0. The van der Waals surface area contributed by atoms with E-state index in [9.17, 15) is 9.59 Å². The summed E-state index contributed by atoms with van der Waals surface area (Å²) in [7, 11) is 0. The van der Waals surface area contributed by atoms with Crippen LogP contribution in [0.15, 0.2) is 60.8 Å².